The van der Waals surface area contributed by atoms with Crippen molar-refractivity contribution >= 4 is 43.5 Å². The Hall–Kier alpha value is -0.380. The van der Waals surface area contributed by atoms with Crippen molar-refractivity contribution in [1.29, 1.82) is 0 Å². The Balaban J connectivity index is 2.19. The zero-order chi connectivity index (χ0) is 13.1. The molecule has 0 heterocycles. The maximum absolute atomic E-state index is 13.0. The largest absolute Gasteiger partial charge is 0.207 e. The van der Waals surface area contributed by atoms with E-state index in [4.69, 9.17) is 11.6 Å². The molecular formula is C14H10Br2ClF. The molecule has 0 radical (unpaired) electrons. The molecule has 0 aliphatic heterocycles. The topological polar surface area (TPSA) is 0 Å². The van der Waals surface area contributed by atoms with Gasteiger partial charge < -0.3 is 0 Å². The first-order chi connectivity index (χ1) is 8.56. The molecule has 0 bridgehead atoms. The molecule has 1 unspecified atom stereocenters. The molecule has 2 rings (SSSR count). The first-order valence-corrected chi connectivity index (χ1v) is 7.48. The molecule has 0 aliphatic rings. The second-order valence-corrected chi connectivity index (χ2v) is 6.36. The van der Waals surface area contributed by atoms with E-state index in [2.05, 4.69) is 31.9 Å². The molecule has 0 spiro atoms. The number of benzene rings is 2. The van der Waals surface area contributed by atoms with Gasteiger partial charge in [0.15, 0.2) is 0 Å². The molecule has 0 aromatic heterocycles. The van der Waals surface area contributed by atoms with E-state index >= 15 is 0 Å². The van der Waals surface area contributed by atoms with Gasteiger partial charge in [-0.1, -0.05) is 61.7 Å². The van der Waals surface area contributed by atoms with Gasteiger partial charge in [0.25, 0.3) is 0 Å². The van der Waals surface area contributed by atoms with E-state index < -0.39 is 0 Å². The second-order valence-electron chi connectivity index (χ2n) is 3.97. The third-order valence-corrected chi connectivity index (χ3v) is 4.34. The average molecular weight is 392 g/mol. The monoisotopic (exact) mass is 390 g/mol. The Morgan fingerprint density at radius 2 is 1.94 bits per heavy atom. The number of rotatable bonds is 3. The van der Waals surface area contributed by atoms with Crippen LogP contribution in [-0.4, -0.2) is 0 Å². The molecule has 18 heavy (non-hydrogen) atoms. The van der Waals surface area contributed by atoms with Gasteiger partial charge in [-0.2, -0.15) is 0 Å². The highest BCUT2D eigenvalue weighted by Gasteiger charge is 2.12. The third-order valence-electron chi connectivity index (χ3n) is 2.60. The van der Waals surface area contributed by atoms with Crippen molar-refractivity contribution in [3.8, 4) is 0 Å². The quantitative estimate of drug-likeness (QED) is 0.569. The summed E-state index contributed by atoms with van der Waals surface area (Å²) in [7, 11) is 0. The fraction of sp³-hybridized carbons (Fsp3) is 0.143. The highest BCUT2D eigenvalue weighted by molar-refractivity contribution is 9.11. The molecule has 4 heteroatoms. The van der Waals surface area contributed by atoms with E-state index in [0.717, 1.165) is 27.0 Å². The highest BCUT2D eigenvalue weighted by atomic mass is 79.9. The zero-order valence-electron chi connectivity index (χ0n) is 9.34. The smallest absolute Gasteiger partial charge is 0.124 e. The summed E-state index contributed by atoms with van der Waals surface area (Å²) in [6.45, 7) is 0. The van der Waals surface area contributed by atoms with E-state index in [1.807, 2.05) is 24.3 Å². The van der Waals surface area contributed by atoms with Gasteiger partial charge in [0.05, 0.1) is 0 Å². The Morgan fingerprint density at radius 1 is 1.17 bits per heavy atom. The molecule has 0 fully saturated rings. The van der Waals surface area contributed by atoms with Crippen molar-refractivity contribution < 1.29 is 4.39 Å². The predicted molar refractivity (Wildman–Crippen MR) is 80.9 cm³/mol. The summed E-state index contributed by atoms with van der Waals surface area (Å²) in [4.78, 5) is 0.117. The SMILES string of the molecule is Fc1ccc(C(Br)Cc2cccc(Cl)c2)c(Br)c1. The van der Waals surface area contributed by atoms with Crippen molar-refractivity contribution in [1.82, 2.24) is 0 Å². The van der Waals surface area contributed by atoms with Gasteiger partial charge in [-0.15, -0.1) is 0 Å². The standard InChI is InChI=1S/C14H10Br2ClF/c15-13(7-9-2-1-3-10(17)6-9)12-5-4-11(18)8-14(12)16/h1-6,8,13H,7H2. The van der Waals surface area contributed by atoms with Gasteiger partial charge >= 0.3 is 0 Å². The normalized spacial score (nSPS) is 12.4. The van der Waals surface area contributed by atoms with Crippen LogP contribution in [0.25, 0.3) is 0 Å². The Kier molecular flexibility index (Phi) is 4.82. The lowest BCUT2D eigenvalue weighted by Gasteiger charge is -2.12. The maximum Gasteiger partial charge on any atom is 0.124 e. The Labute approximate surface area is 127 Å². The van der Waals surface area contributed by atoms with Gasteiger partial charge in [-0.3, -0.25) is 0 Å². The molecule has 0 amide bonds. The number of halogens is 4. The molecule has 0 nitrogen and oxygen atoms in total. The van der Waals surface area contributed by atoms with Crippen LogP contribution in [0.3, 0.4) is 0 Å². The summed E-state index contributed by atoms with van der Waals surface area (Å²) in [5.74, 6) is -0.243. The Morgan fingerprint density at radius 3 is 2.61 bits per heavy atom. The van der Waals surface area contributed by atoms with Crippen LogP contribution in [0.5, 0.6) is 0 Å². The van der Waals surface area contributed by atoms with Crippen LogP contribution in [0.1, 0.15) is 16.0 Å². The highest BCUT2D eigenvalue weighted by Crippen LogP contribution is 2.33. The molecular weight excluding hydrogens is 382 g/mol. The van der Waals surface area contributed by atoms with E-state index in [0.29, 0.717) is 0 Å². The van der Waals surface area contributed by atoms with Gasteiger partial charge in [0, 0.05) is 14.3 Å². The minimum Gasteiger partial charge on any atom is -0.207 e. The van der Waals surface area contributed by atoms with Crippen LogP contribution in [0.4, 0.5) is 4.39 Å². The van der Waals surface area contributed by atoms with Gasteiger partial charge in [-0.25, -0.2) is 4.39 Å². The first kappa shape index (κ1) is 14.0. The second kappa shape index (κ2) is 6.18. The zero-order valence-corrected chi connectivity index (χ0v) is 13.3. The molecule has 0 N–H and O–H groups in total. The summed E-state index contributed by atoms with van der Waals surface area (Å²) >= 11 is 13.0. The van der Waals surface area contributed by atoms with Crippen LogP contribution in [0, 0.1) is 5.82 Å². The average Bonchev–Trinajstić information content (AvgIpc) is 2.28. The van der Waals surface area contributed by atoms with Crippen LogP contribution in [0.15, 0.2) is 46.9 Å². The number of alkyl halides is 1. The Bertz CT molecular complexity index is 557. The minimum atomic E-state index is -0.243. The number of hydrogen-bond donors (Lipinski definition) is 0. The van der Waals surface area contributed by atoms with Crippen molar-refractivity contribution in [3.05, 3.63) is 68.9 Å². The minimum absolute atomic E-state index is 0.117. The van der Waals surface area contributed by atoms with Gasteiger partial charge in [-0.05, 0) is 41.8 Å². The molecule has 2 aromatic rings. The van der Waals surface area contributed by atoms with E-state index in [1.54, 1.807) is 6.07 Å². The molecule has 0 saturated heterocycles. The van der Waals surface area contributed by atoms with E-state index in [-0.39, 0.29) is 10.6 Å². The van der Waals surface area contributed by atoms with Crippen molar-refractivity contribution in [2.75, 3.05) is 0 Å². The molecule has 94 valence electrons. The summed E-state index contributed by atoms with van der Waals surface area (Å²) < 4.78 is 13.8. The summed E-state index contributed by atoms with van der Waals surface area (Å²) in [5.41, 5.74) is 2.16. The fourth-order valence-corrected chi connectivity index (χ4v) is 3.66. The van der Waals surface area contributed by atoms with Crippen LogP contribution >= 0.6 is 43.5 Å². The van der Waals surface area contributed by atoms with Crippen LogP contribution < -0.4 is 0 Å². The van der Waals surface area contributed by atoms with Crippen molar-refractivity contribution in [3.63, 3.8) is 0 Å². The predicted octanol–water partition coefficient (Wildman–Crippen LogP) is 5.92. The van der Waals surface area contributed by atoms with Crippen molar-refractivity contribution in [2.24, 2.45) is 0 Å². The molecule has 0 aliphatic carbocycles. The lowest BCUT2D eigenvalue weighted by atomic mass is 10.0. The van der Waals surface area contributed by atoms with Gasteiger partial charge in [0.1, 0.15) is 5.82 Å². The van der Waals surface area contributed by atoms with Gasteiger partial charge in [0.2, 0.25) is 0 Å². The van der Waals surface area contributed by atoms with Crippen molar-refractivity contribution in [2.45, 2.75) is 11.2 Å². The van der Waals surface area contributed by atoms with E-state index in [9.17, 15) is 4.39 Å². The summed E-state index contributed by atoms with van der Waals surface area (Å²) in [5, 5.41) is 0.727. The molecule has 1 atom stereocenters. The first-order valence-electron chi connectivity index (χ1n) is 5.40. The summed E-state index contributed by atoms with van der Waals surface area (Å²) in [6.07, 6.45) is 0.796. The van der Waals surface area contributed by atoms with Crippen LogP contribution in [0.2, 0.25) is 5.02 Å². The lowest BCUT2D eigenvalue weighted by molar-refractivity contribution is 0.626. The lowest BCUT2D eigenvalue weighted by Crippen LogP contribution is -1.97. The summed E-state index contributed by atoms with van der Waals surface area (Å²) in [6, 6.07) is 12.5. The van der Waals surface area contributed by atoms with E-state index in [1.165, 1.54) is 12.1 Å². The molecule has 2 aromatic carbocycles. The maximum atomic E-state index is 13.0. The third kappa shape index (κ3) is 3.56. The number of hydrogen-bond acceptors (Lipinski definition) is 0. The fourth-order valence-electron chi connectivity index (χ4n) is 1.74. The van der Waals surface area contributed by atoms with Crippen LogP contribution in [-0.2, 0) is 6.42 Å². The molecule has 0 saturated carbocycles.